The van der Waals surface area contributed by atoms with Crippen LogP contribution in [0.25, 0.3) is 22.0 Å². The van der Waals surface area contributed by atoms with Crippen LogP contribution in [0.4, 0.5) is 26.3 Å². The molecule has 39 heavy (non-hydrogen) atoms. The lowest BCUT2D eigenvalue weighted by Gasteiger charge is -2.23. The molecular formula is C27H17ClF6N2O3. The molecule has 3 aromatic carbocycles. The largest absolute Gasteiger partial charge is 0.490 e. The van der Waals surface area contributed by atoms with Crippen LogP contribution in [0.3, 0.4) is 0 Å². The van der Waals surface area contributed by atoms with Crippen molar-refractivity contribution < 1.29 is 35.9 Å². The van der Waals surface area contributed by atoms with Crippen molar-refractivity contribution in [2.24, 2.45) is 0 Å². The second-order valence-electron chi connectivity index (χ2n) is 8.81. The van der Waals surface area contributed by atoms with Gasteiger partial charge in [0.2, 0.25) is 0 Å². The molecule has 0 unspecified atom stereocenters. The number of aromatic nitrogens is 1. The second kappa shape index (κ2) is 9.64. The van der Waals surface area contributed by atoms with Crippen molar-refractivity contribution in [3.63, 3.8) is 0 Å². The summed E-state index contributed by atoms with van der Waals surface area (Å²) in [6.45, 7) is -0.388. The van der Waals surface area contributed by atoms with Gasteiger partial charge in [-0.25, -0.2) is 0 Å². The molecule has 0 fully saturated rings. The maximum atomic E-state index is 13.6. The van der Waals surface area contributed by atoms with E-state index in [0.29, 0.717) is 39.4 Å². The van der Waals surface area contributed by atoms with Gasteiger partial charge in [-0.2, -0.15) is 26.3 Å². The molecule has 5 nitrogen and oxygen atoms in total. The Labute approximate surface area is 221 Å². The number of alkyl halides is 6. The molecule has 12 heteroatoms. The fourth-order valence-electron chi connectivity index (χ4n) is 4.58. The van der Waals surface area contributed by atoms with Crippen LogP contribution in [0.2, 0.25) is 5.02 Å². The molecule has 1 aromatic heterocycles. The minimum absolute atomic E-state index is 0.00406. The van der Waals surface area contributed by atoms with Crippen molar-refractivity contribution in [2.75, 3.05) is 6.61 Å². The van der Waals surface area contributed by atoms with Crippen LogP contribution in [-0.2, 0) is 25.4 Å². The highest BCUT2D eigenvalue weighted by Gasteiger charge is 2.37. The summed E-state index contributed by atoms with van der Waals surface area (Å²) in [6, 6.07) is 12.4. The first-order valence-electron chi connectivity index (χ1n) is 11.5. The predicted octanol–water partition coefficient (Wildman–Crippen LogP) is 6.68. The maximum absolute atomic E-state index is 13.6. The summed E-state index contributed by atoms with van der Waals surface area (Å²) in [5.41, 5.74) is -3.30. The van der Waals surface area contributed by atoms with E-state index in [1.807, 2.05) is 0 Å². The number of nitrogens with one attached hydrogen (secondary N) is 1. The van der Waals surface area contributed by atoms with Crippen molar-refractivity contribution in [1.82, 2.24) is 9.88 Å². The van der Waals surface area contributed by atoms with Gasteiger partial charge >= 0.3 is 12.4 Å². The van der Waals surface area contributed by atoms with Crippen molar-refractivity contribution in [3.05, 3.63) is 98.3 Å². The van der Waals surface area contributed by atoms with E-state index < -0.39 is 47.1 Å². The lowest BCUT2D eigenvalue weighted by atomic mass is 9.94. The number of carbonyl (C=O) groups excluding carboxylic acids is 1. The normalized spacial score (nSPS) is 13.3. The smallest absolute Gasteiger partial charge is 0.416 e. The number of benzene rings is 3. The molecule has 0 radical (unpaired) electrons. The maximum Gasteiger partial charge on any atom is 0.416 e. The monoisotopic (exact) mass is 566 g/mol. The Morgan fingerprint density at radius 2 is 1.59 bits per heavy atom. The highest BCUT2D eigenvalue weighted by Crippen LogP contribution is 2.38. The van der Waals surface area contributed by atoms with Gasteiger partial charge in [-0.1, -0.05) is 35.9 Å². The van der Waals surface area contributed by atoms with Crippen molar-refractivity contribution in [3.8, 4) is 16.9 Å². The number of pyridine rings is 1. The third-order valence-electron chi connectivity index (χ3n) is 6.28. The van der Waals surface area contributed by atoms with Crippen LogP contribution in [0.1, 0.15) is 27.0 Å². The van der Waals surface area contributed by atoms with Gasteiger partial charge in [0, 0.05) is 22.5 Å². The van der Waals surface area contributed by atoms with Crippen LogP contribution in [0, 0.1) is 0 Å². The predicted molar refractivity (Wildman–Crippen MR) is 132 cm³/mol. The average Bonchev–Trinajstić information content (AvgIpc) is 2.88. The van der Waals surface area contributed by atoms with Crippen LogP contribution < -0.4 is 15.6 Å². The molecule has 4 aromatic rings. The zero-order valence-electron chi connectivity index (χ0n) is 19.7. The minimum Gasteiger partial charge on any atom is -0.490 e. The molecule has 1 aliphatic rings. The topological polar surface area (TPSA) is 60.3 Å². The van der Waals surface area contributed by atoms with Crippen LogP contribution in [0.5, 0.6) is 5.75 Å². The third-order valence-corrected chi connectivity index (χ3v) is 6.53. The summed E-state index contributed by atoms with van der Waals surface area (Å²) in [6.07, 6.45) is -10.1. The number of para-hydroxylation sites is 1. The van der Waals surface area contributed by atoms with E-state index in [9.17, 15) is 35.9 Å². The summed E-state index contributed by atoms with van der Waals surface area (Å²) in [7, 11) is 0. The van der Waals surface area contributed by atoms with Gasteiger partial charge in [0.25, 0.3) is 11.5 Å². The van der Waals surface area contributed by atoms with Gasteiger partial charge in [-0.3, -0.25) is 9.59 Å². The van der Waals surface area contributed by atoms with Gasteiger partial charge in [0.1, 0.15) is 17.9 Å². The summed E-state index contributed by atoms with van der Waals surface area (Å²) in [4.78, 5) is 27.1. The first kappa shape index (κ1) is 26.6. The van der Waals surface area contributed by atoms with Crippen molar-refractivity contribution in [2.45, 2.75) is 25.4 Å². The van der Waals surface area contributed by atoms with Crippen LogP contribution in [0.15, 0.2) is 65.5 Å². The van der Waals surface area contributed by atoms with E-state index in [2.05, 4.69) is 5.32 Å². The van der Waals surface area contributed by atoms with Gasteiger partial charge in [-0.05, 0) is 47.5 Å². The molecule has 202 valence electrons. The number of hydrogen-bond acceptors (Lipinski definition) is 3. The molecule has 1 N–H and O–H groups in total. The minimum atomic E-state index is -5.04. The zero-order valence-corrected chi connectivity index (χ0v) is 20.5. The van der Waals surface area contributed by atoms with E-state index in [4.69, 9.17) is 16.3 Å². The first-order valence-corrected chi connectivity index (χ1v) is 11.9. The number of carbonyl (C=O) groups is 1. The number of halogens is 7. The zero-order chi connectivity index (χ0) is 28.1. The number of hydrogen-bond donors (Lipinski definition) is 1. The van der Waals surface area contributed by atoms with Crippen molar-refractivity contribution in [1.29, 1.82) is 0 Å². The quantitative estimate of drug-likeness (QED) is 0.280. The molecule has 0 saturated carbocycles. The van der Waals surface area contributed by atoms with Gasteiger partial charge < -0.3 is 14.6 Å². The fraction of sp³-hybridized carbons (Fsp3) is 0.185. The number of nitrogens with zero attached hydrogens (tertiary/aromatic N) is 1. The highest BCUT2D eigenvalue weighted by molar-refractivity contribution is 6.30. The summed E-state index contributed by atoms with van der Waals surface area (Å²) in [5.74, 6) is -0.528. The van der Waals surface area contributed by atoms with Gasteiger partial charge in [0.15, 0.2) is 0 Å². The van der Waals surface area contributed by atoms with Crippen molar-refractivity contribution >= 4 is 28.4 Å². The molecule has 1 aliphatic heterocycles. The molecule has 1 amide bonds. The standard InChI is InChI=1S/C27H17ClF6N2O3/c28-18-6-4-15(5-7-18)21-19-2-1-3-20-23(19)36(8-9-39-20)25(38)22(21)24(37)35-13-14-10-16(26(29,30)31)12-17(11-14)27(32,33)34/h1-7,10-12H,8-9,13H2,(H,35,37). The molecular weight excluding hydrogens is 550 g/mol. The fourth-order valence-corrected chi connectivity index (χ4v) is 4.70. The Morgan fingerprint density at radius 1 is 0.949 bits per heavy atom. The Morgan fingerprint density at radius 3 is 2.21 bits per heavy atom. The molecule has 5 rings (SSSR count). The Balaban J connectivity index is 1.62. The molecule has 0 aliphatic carbocycles. The van der Waals surface area contributed by atoms with Crippen LogP contribution in [-0.4, -0.2) is 17.1 Å². The Hall–Kier alpha value is -3.99. The Bertz CT molecular complexity index is 1630. The summed E-state index contributed by atoms with van der Waals surface area (Å²) >= 11 is 6.01. The number of rotatable bonds is 4. The molecule has 0 bridgehead atoms. The van der Waals surface area contributed by atoms with Gasteiger partial charge in [0.05, 0.1) is 23.2 Å². The lowest BCUT2D eigenvalue weighted by molar-refractivity contribution is -0.143. The number of ether oxygens (including phenoxy) is 1. The van der Waals surface area contributed by atoms with E-state index in [1.54, 1.807) is 42.5 Å². The third kappa shape index (κ3) is 5.06. The summed E-state index contributed by atoms with van der Waals surface area (Å²) in [5, 5.41) is 3.24. The second-order valence-corrected chi connectivity index (χ2v) is 9.25. The molecule has 0 atom stereocenters. The van der Waals surface area contributed by atoms with Gasteiger partial charge in [-0.15, -0.1) is 0 Å². The Kier molecular flexibility index (Phi) is 6.58. The average molecular weight is 567 g/mol. The van der Waals surface area contributed by atoms with Crippen LogP contribution >= 0.6 is 11.6 Å². The lowest BCUT2D eigenvalue weighted by Crippen LogP contribution is -2.36. The SMILES string of the molecule is O=C(NCc1cc(C(F)(F)F)cc(C(F)(F)F)c1)c1c(-c2ccc(Cl)cc2)c2cccc3c2n(c1=O)CCO3. The molecule has 0 spiro atoms. The molecule has 0 saturated heterocycles. The first-order chi connectivity index (χ1) is 18.3. The van der Waals surface area contributed by atoms with E-state index in [1.165, 1.54) is 4.57 Å². The van der Waals surface area contributed by atoms with E-state index in [0.717, 1.165) is 0 Å². The summed E-state index contributed by atoms with van der Waals surface area (Å²) < 4.78 is 86.7. The highest BCUT2D eigenvalue weighted by atomic mass is 35.5. The molecule has 2 heterocycles. The number of amides is 1. The van der Waals surface area contributed by atoms with E-state index in [-0.39, 0.29) is 30.3 Å². The van der Waals surface area contributed by atoms with E-state index >= 15 is 0 Å².